The van der Waals surface area contributed by atoms with Gasteiger partial charge in [0.05, 0.1) is 6.10 Å². The average Bonchev–Trinajstić information content (AvgIpc) is 2.71. The number of ether oxygens (including phenoxy) is 1. The van der Waals surface area contributed by atoms with Crippen molar-refractivity contribution in [3.8, 4) is 0 Å². The lowest BCUT2D eigenvalue weighted by Gasteiger charge is -2.10. The minimum absolute atomic E-state index is 0.407. The molecule has 1 aromatic rings. The van der Waals surface area contributed by atoms with E-state index in [0.29, 0.717) is 6.10 Å². The van der Waals surface area contributed by atoms with E-state index in [-0.39, 0.29) is 0 Å². The summed E-state index contributed by atoms with van der Waals surface area (Å²) in [5, 5.41) is 4.18. The Kier molecular flexibility index (Phi) is 4.01. The van der Waals surface area contributed by atoms with Gasteiger partial charge in [0.2, 0.25) is 0 Å². The fourth-order valence-electron chi connectivity index (χ4n) is 1.83. The van der Waals surface area contributed by atoms with Gasteiger partial charge in [0.15, 0.2) is 0 Å². The van der Waals surface area contributed by atoms with Crippen molar-refractivity contribution in [2.45, 2.75) is 25.5 Å². The summed E-state index contributed by atoms with van der Waals surface area (Å²) in [7, 11) is 0. The Labute approximate surface area is 95.6 Å². The average molecular weight is 226 g/mol. The van der Waals surface area contributed by atoms with Crippen LogP contribution in [0.1, 0.15) is 18.4 Å². The van der Waals surface area contributed by atoms with Crippen LogP contribution in [0.15, 0.2) is 24.3 Å². The quantitative estimate of drug-likeness (QED) is 0.851. The van der Waals surface area contributed by atoms with Gasteiger partial charge in [-0.05, 0) is 30.5 Å². The molecule has 82 valence electrons. The zero-order chi connectivity index (χ0) is 10.5. The lowest BCUT2D eigenvalue weighted by molar-refractivity contribution is 0.110. The van der Waals surface area contributed by atoms with Crippen molar-refractivity contribution < 1.29 is 4.74 Å². The molecule has 2 nitrogen and oxygen atoms in total. The Bertz CT molecular complexity index is 310. The van der Waals surface area contributed by atoms with Crippen LogP contribution >= 0.6 is 11.6 Å². The third-order valence-electron chi connectivity index (χ3n) is 2.61. The van der Waals surface area contributed by atoms with Crippen molar-refractivity contribution in [2.24, 2.45) is 0 Å². The number of nitrogens with one attached hydrogen (secondary N) is 1. The molecule has 2 rings (SSSR count). The molecule has 15 heavy (non-hydrogen) atoms. The van der Waals surface area contributed by atoms with Gasteiger partial charge in [-0.15, -0.1) is 0 Å². The van der Waals surface area contributed by atoms with Crippen LogP contribution in [-0.2, 0) is 11.3 Å². The molecule has 1 heterocycles. The summed E-state index contributed by atoms with van der Waals surface area (Å²) in [5.41, 5.74) is 1.22. The third kappa shape index (κ3) is 3.49. The van der Waals surface area contributed by atoms with Crippen LogP contribution in [0.25, 0.3) is 0 Å². The highest BCUT2D eigenvalue weighted by Crippen LogP contribution is 2.12. The van der Waals surface area contributed by atoms with E-state index >= 15 is 0 Å². The zero-order valence-electron chi connectivity index (χ0n) is 8.71. The second kappa shape index (κ2) is 5.50. The highest BCUT2D eigenvalue weighted by molar-refractivity contribution is 6.30. The Balaban J connectivity index is 1.73. The molecule has 0 amide bonds. The monoisotopic (exact) mass is 225 g/mol. The standard InChI is InChI=1S/C12H16ClNO/c13-11-4-1-3-10(7-11)8-14-9-12-5-2-6-15-12/h1,3-4,7,12,14H,2,5-6,8-9H2/t12-/m1/s1. The van der Waals surface area contributed by atoms with Crippen LogP contribution in [0, 0.1) is 0 Å². The van der Waals surface area contributed by atoms with Gasteiger partial charge in [-0.1, -0.05) is 23.7 Å². The molecule has 0 spiro atoms. The molecule has 1 fully saturated rings. The first-order valence-electron chi connectivity index (χ1n) is 5.41. The number of benzene rings is 1. The molecule has 0 saturated carbocycles. The maximum absolute atomic E-state index is 5.90. The summed E-state index contributed by atoms with van der Waals surface area (Å²) in [6.07, 6.45) is 2.79. The predicted molar refractivity (Wildman–Crippen MR) is 62.1 cm³/mol. The Hall–Kier alpha value is -0.570. The smallest absolute Gasteiger partial charge is 0.0700 e. The molecule has 1 N–H and O–H groups in total. The van der Waals surface area contributed by atoms with E-state index in [1.54, 1.807) is 0 Å². The van der Waals surface area contributed by atoms with Gasteiger partial charge in [-0.3, -0.25) is 0 Å². The summed E-state index contributed by atoms with van der Waals surface area (Å²) < 4.78 is 5.53. The van der Waals surface area contributed by atoms with Crippen molar-refractivity contribution >= 4 is 11.6 Å². The highest BCUT2D eigenvalue weighted by Gasteiger charge is 2.14. The second-order valence-corrected chi connectivity index (χ2v) is 4.33. The first kappa shape index (κ1) is 10.9. The summed E-state index contributed by atoms with van der Waals surface area (Å²) >= 11 is 5.90. The molecule has 0 bridgehead atoms. The van der Waals surface area contributed by atoms with Crippen molar-refractivity contribution in [3.05, 3.63) is 34.9 Å². The molecule has 1 aromatic carbocycles. The molecule has 0 aromatic heterocycles. The van der Waals surface area contributed by atoms with Crippen LogP contribution in [0.2, 0.25) is 5.02 Å². The minimum atomic E-state index is 0.407. The predicted octanol–water partition coefficient (Wildman–Crippen LogP) is 2.61. The molecular weight excluding hydrogens is 210 g/mol. The molecule has 0 radical (unpaired) electrons. The lowest BCUT2D eigenvalue weighted by Crippen LogP contribution is -2.25. The minimum Gasteiger partial charge on any atom is -0.377 e. The second-order valence-electron chi connectivity index (χ2n) is 3.90. The van der Waals surface area contributed by atoms with E-state index in [0.717, 1.165) is 24.7 Å². The maximum atomic E-state index is 5.90. The summed E-state index contributed by atoms with van der Waals surface area (Å²) in [5.74, 6) is 0. The first-order valence-corrected chi connectivity index (χ1v) is 5.79. The van der Waals surface area contributed by atoms with Crippen LogP contribution in [0.3, 0.4) is 0 Å². The number of halogens is 1. The largest absolute Gasteiger partial charge is 0.377 e. The van der Waals surface area contributed by atoms with Gasteiger partial charge in [0.25, 0.3) is 0 Å². The van der Waals surface area contributed by atoms with Crippen LogP contribution in [-0.4, -0.2) is 19.3 Å². The summed E-state index contributed by atoms with van der Waals surface area (Å²) in [4.78, 5) is 0. The van der Waals surface area contributed by atoms with Crippen molar-refractivity contribution in [3.63, 3.8) is 0 Å². The number of hydrogen-bond acceptors (Lipinski definition) is 2. The topological polar surface area (TPSA) is 21.3 Å². The fraction of sp³-hybridized carbons (Fsp3) is 0.500. The van der Waals surface area contributed by atoms with Gasteiger partial charge in [0, 0.05) is 24.7 Å². The van der Waals surface area contributed by atoms with E-state index in [4.69, 9.17) is 16.3 Å². The molecule has 3 heteroatoms. The fourth-order valence-corrected chi connectivity index (χ4v) is 2.04. The van der Waals surface area contributed by atoms with E-state index in [1.165, 1.54) is 18.4 Å². The van der Waals surface area contributed by atoms with Gasteiger partial charge in [-0.2, -0.15) is 0 Å². The van der Waals surface area contributed by atoms with Crippen LogP contribution in [0.5, 0.6) is 0 Å². The van der Waals surface area contributed by atoms with Gasteiger partial charge in [0.1, 0.15) is 0 Å². The molecular formula is C12H16ClNO. The molecule has 0 aliphatic carbocycles. The zero-order valence-corrected chi connectivity index (χ0v) is 9.46. The Morgan fingerprint density at radius 1 is 1.47 bits per heavy atom. The summed E-state index contributed by atoms with van der Waals surface area (Å²) in [6, 6.07) is 7.94. The SMILES string of the molecule is Clc1cccc(CNC[C@H]2CCCO2)c1. The Morgan fingerprint density at radius 2 is 2.40 bits per heavy atom. The van der Waals surface area contributed by atoms with Gasteiger partial charge in [-0.25, -0.2) is 0 Å². The van der Waals surface area contributed by atoms with E-state index in [1.807, 2.05) is 18.2 Å². The highest BCUT2D eigenvalue weighted by atomic mass is 35.5. The third-order valence-corrected chi connectivity index (χ3v) is 2.85. The van der Waals surface area contributed by atoms with Crippen molar-refractivity contribution in [1.29, 1.82) is 0 Å². The van der Waals surface area contributed by atoms with E-state index in [2.05, 4.69) is 11.4 Å². The summed E-state index contributed by atoms with van der Waals surface area (Å²) in [6.45, 7) is 2.72. The van der Waals surface area contributed by atoms with E-state index < -0.39 is 0 Å². The molecule has 0 unspecified atom stereocenters. The van der Waals surface area contributed by atoms with Crippen LogP contribution < -0.4 is 5.32 Å². The number of hydrogen-bond donors (Lipinski definition) is 1. The first-order chi connectivity index (χ1) is 7.34. The van der Waals surface area contributed by atoms with Gasteiger partial charge >= 0.3 is 0 Å². The molecule has 1 aliphatic rings. The lowest BCUT2D eigenvalue weighted by atomic mass is 10.2. The van der Waals surface area contributed by atoms with Crippen LogP contribution in [0.4, 0.5) is 0 Å². The maximum Gasteiger partial charge on any atom is 0.0700 e. The molecule has 1 aliphatic heterocycles. The normalized spacial score (nSPS) is 20.7. The Morgan fingerprint density at radius 3 is 3.13 bits per heavy atom. The van der Waals surface area contributed by atoms with Crippen molar-refractivity contribution in [1.82, 2.24) is 5.32 Å². The van der Waals surface area contributed by atoms with Crippen molar-refractivity contribution in [2.75, 3.05) is 13.2 Å². The van der Waals surface area contributed by atoms with E-state index in [9.17, 15) is 0 Å². The molecule has 1 atom stereocenters. The molecule has 1 saturated heterocycles. The van der Waals surface area contributed by atoms with Gasteiger partial charge < -0.3 is 10.1 Å². The number of rotatable bonds is 4.